The van der Waals surface area contributed by atoms with Crippen LogP contribution in [0.4, 0.5) is 5.69 Å². The number of nitrogens with zero attached hydrogens (tertiary/aromatic N) is 1. The van der Waals surface area contributed by atoms with E-state index in [9.17, 15) is 9.59 Å². The van der Waals surface area contributed by atoms with Crippen LogP contribution in [0.2, 0.25) is 0 Å². The highest BCUT2D eigenvalue weighted by molar-refractivity contribution is 5.99. The lowest BCUT2D eigenvalue weighted by atomic mass is 9.99. The molecule has 0 aliphatic rings. The molecular weight excluding hydrogens is 266 g/mol. The highest BCUT2D eigenvalue weighted by atomic mass is 16.2. The van der Waals surface area contributed by atoms with Crippen molar-refractivity contribution in [3.8, 4) is 0 Å². The lowest BCUT2D eigenvalue weighted by Crippen LogP contribution is -2.40. The van der Waals surface area contributed by atoms with Gasteiger partial charge in [-0.15, -0.1) is 0 Å². The second-order valence-corrected chi connectivity index (χ2v) is 5.63. The average molecular weight is 291 g/mol. The van der Waals surface area contributed by atoms with Gasteiger partial charge in [0.05, 0.1) is 6.04 Å². The summed E-state index contributed by atoms with van der Waals surface area (Å²) in [6.07, 6.45) is 0.840. The molecule has 1 rings (SSSR count). The second kappa shape index (κ2) is 7.22. The monoisotopic (exact) mass is 291 g/mol. The van der Waals surface area contributed by atoms with Gasteiger partial charge < -0.3 is 16.0 Å². The molecule has 0 aromatic heterocycles. The number of hydrogen-bond acceptors (Lipinski definition) is 3. The van der Waals surface area contributed by atoms with Gasteiger partial charge in [-0.05, 0) is 30.5 Å². The van der Waals surface area contributed by atoms with Crippen LogP contribution in [0.25, 0.3) is 0 Å². The molecule has 2 atom stereocenters. The van der Waals surface area contributed by atoms with E-state index in [4.69, 9.17) is 5.73 Å². The summed E-state index contributed by atoms with van der Waals surface area (Å²) in [7, 11) is 3.39. The quantitative estimate of drug-likeness (QED) is 0.871. The Morgan fingerprint density at radius 2 is 1.95 bits per heavy atom. The summed E-state index contributed by atoms with van der Waals surface area (Å²) in [6.45, 7) is 5.83. The smallest absolute Gasteiger partial charge is 0.253 e. The zero-order valence-electron chi connectivity index (χ0n) is 13.4. The molecule has 0 aliphatic carbocycles. The summed E-state index contributed by atoms with van der Waals surface area (Å²) in [5.74, 6) is -0.212. The molecule has 1 aromatic rings. The SMILES string of the molecule is CCC(C)[C@H](N)C(=O)Nc1cc(C(=O)N(C)C)ccc1C. The minimum Gasteiger partial charge on any atom is -0.345 e. The fourth-order valence-corrected chi connectivity index (χ4v) is 1.88. The first-order valence-electron chi connectivity index (χ1n) is 7.16. The molecule has 0 aliphatic heterocycles. The number of benzene rings is 1. The Kier molecular flexibility index (Phi) is 5.90. The fourth-order valence-electron chi connectivity index (χ4n) is 1.88. The van der Waals surface area contributed by atoms with Gasteiger partial charge >= 0.3 is 0 Å². The van der Waals surface area contributed by atoms with Gasteiger partial charge in [-0.3, -0.25) is 9.59 Å². The van der Waals surface area contributed by atoms with Crippen molar-refractivity contribution in [3.63, 3.8) is 0 Å². The summed E-state index contributed by atoms with van der Waals surface area (Å²) in [6, 6.07) is 4.71. The van der Waals surface area contributed by atoms with Gasteiger partial charge in [0.15, 0.2) is 0 Å². The van der Waals surface area contributed by atoms with E-state index in [1.807, 2.05) is 26.8 Å². The molecular formula is C16H25N3O2. The molecule has 21 heavy (non-hydrogen) atoms. The van der Waals surface area contributed by atoms with Crippen LogP contribution in [0.3, 0.4) is 0 Å². The average Bonchev–Trinajstić information content (AvgIpc) is 2.46. The van der Waals surface area contributed by atoms with Crippen LogP contribution < -0.4 is 11.1 Å². The Labute approximate surface area is 126 Å². The van der Waals surface area contributed by atoms with Gasteiger partial charge in [0, 0.05) is 25.3 Å². The molecule has 0 saturated heterocycles. The number of carbonyl (C=O) groups is 2. The van der Waals surface area contributed by atoms with E-state index in [1.54, 1.807) is 26.2 Å². The van der Waals surface area contributed by atoms with Crippen LogP contribution in [0, 0.1) is 12.8 Å². The minimum absolute atomic E-state index is 0.100. The van der Waals surface area contributed by atoms with Crippen LogP contribution in [-0.2, 0) is 4.79 Å². The summed E-state index contributed by atoms with van der Waals surface area (Å²) >= 11 is 0. The first-order valence-corrected chi connectivity index (χ1v) is 7.16. The number of amides is 2. The Morgan fingerprint density at radius 1 is 1.33 bits per heavy atom. The van der Waals surface area contributed by atoms with E-state index in [1.165, 1.54) is 4.90 Å². The summed E-state index contributed by atoms with van der Waals surface area (Å²) in [4.78, 5) is 25.6. The molecule has 116 valence electrons. The summed E-state index contributed by atoms with van der Waals surface area (Å²) < 4.78 is 0. The molecule has 5 nitrogen and oxygen atoms in total. The maximum absolute atomic E-state index is 12.1. The predicted molar refractivity (Wildman–Crippen MR) is 85.3 cm³/mol. The number of nitrogens with one attached hydrogen (secondary N) is 1. The third-order valence-corrected chi connectivity index (χ3v) is 3.71. The molecule has 5 heteroatoms. The molecule has 0 heterocycles. The summed E-state index contributed by atoms with van der Waals surface area (Å²) in [5, 5.41) is 2.82. The van der Waals surface area contributed by atoms with Crippen molar-refractivity contribution in [1.29, 1.82) is 0 Å². The molecule has 1 aromatic carbocycles. The van der Waals surface area contributed by atoms with Gasteiger partial charge in [0.25, 0.3) is 5.91 Å². The van der Waals surface area contributed by atoms with Crippen LogP contribution in [-0.4, -0.2) is 36.9 Å². The highest BCUT2D eigenvalue weighted by Gasteiger charge is 2.20. The third-order valence-electron chi connectivity index (χ3n) is 3.71. The van der Waals surface area contributed by atoms with E-state index in [2.05, 4.69) is 5.32 Å². The van der Waals surface area contributed by atoms with Gasteiger partial charge in [-0.1, -0.05) is 26.3 Å². The fraction of sp³-hybridized carbons (Fsp3) is 0.500. The van der Waals surface area contributed by atoms with Gasteiger partial charge in [0.1, 0.15) is 0 Å². The van der Waals surface area contributed by atoms with Crippen molar-refractivity contribution >= 4 is 17.5 Å². The molecule has 0 fully saturated rings. The van der Waals surface area contributed by atoms with Crippen LogP contribution >= 0.6 is 0 Å². The number of anilines is 1. The second-order valence-electron chi connectivity index (χ2n) is 5.63. The van der Waals surface area contributed by atoms with Crippen molar-refractivity contribution < 1.29 is 9.59 Å². The standard InChI is InChI=1S/C16H25N3O2/c1-6-10(2)14(17)15(20)18-13-9-12(8-7-11(13)3)16(21)19(4)5/h7-10,14H,6,17H2,1-5H3,(H,18,20)/t10?,14-/m0/s1. The maximum Gasteiger partial charge on any atom is 0.253 e. The van der Waals surface area contributed by atoms with Crippen molar-refractivity contribution in [2.24, 2.45) is 11.7 Å². The Hall–Kier alpha value is -1.88. The first kappa shape index (κ1) is 17.2. The van der Waals surface area contributed by atoms with Crippen LogP contribution in [0.5, 0.6) is 0 Å². The van der Waals surface area contributed by atoms with E-state index in [0.29, 0.717) is 11.3 Å². The van der Waals surface area contributed by atoms with Crippen molar-refractivity contribution in [1.82, 2.24) is 4.90 Å². The lowest BCUT2D eigenvalue weighted by molar-refractivity contribution is -0.118. The van der Waals surface area contributed by atoms with Crippen LogP contribution in [0.15, 0.2) is 18.2 Å². The molecule has 2 amide bonds. The predicted octanol–water partition coefficient (Wildman–Crippen LogP) is 2.01. The Balaban J connectivity index is 2.95. The molecule has 0 bridgehead atoms. The molecule has 0 saturated carbocycles. The zero-order valence-corrected chi connectivity index (χ0v) is 13.4. The number of hydrogen-bond donors (Lipinski definition) is 2. The largest absolute Gasteiger partial charge is 0.345 e. The van der Waals surface area contributed by atoms with E-state index in [-0.39, 0.29) is 17.7 Å². The first-order chi connectivity index (χ1) is 9.77. The normalized spacial score (nSPS) is 13.4. The minimum atomic E-state index is -0.553. The van der Waals surface area contributed by atoms with E-state index < -0.39 is 6.04 Å². The van der Waals surface area contributed by atoms with Gasteiger partial charge in [-0.2, -0.15) is 0 Å². The van der Waals surface area contributed by atoms with Crippen molar-refractivity contribution in [2.45, 2.75) is 33.2 Å². The number of rotatable bonds is 5. The van der Waals surface area contributed by atoms with E-state index in [0.717, 1.165) is 12.0 Å². The third kappa shape index (κ3) is 4.29. The Bertz CT molecular complexity index is 526. The molecule has 3 N–H and O–H groups in total. The molecule has 1 unspecified atom stereocenters. The van der Waals surface area contributed by atoms with Crippen LogP contribution in [0.1, 0.15) is 36.2 Å². The lowest BCUT2D eigenvalue weighted by Gasteiger charge is -2.19. The Morgan fingerprint density at radius 3 is 2.48 bits per heavy atom. The van der Waals surface area contributed by atoms with Gasteiger partial charge in [-0.25, -0.2) is 0 Å². The van der Waals surface area contributed by atoms with Gasteiger partial charge in [0.2, 0.25) is 5.91 Å². The van der Waals surface area contributed by atoms with Crippen molar-refractivity contribution in [3.05, 3.63) is 29.3 Å². The molecule has 0 radical (unpaired) electrons. The summed E-state index contributed by atoms with van der Waals surface area (Å²) in [5.41, 5.74) is 8.00. The number of aryl methyl sites for hydroxylation is 1. The van der Waals surface area contributed by atoms with E-state index >= 15 is 0 Å². The maximum atomic E-state index is 12.1. The number of nitrogens with two attached hydrogens (primary N) is 1. The zero-order chi connectivity index (χ0) is 16.2. The number of carbonyl (C=O) groups excluding carboxylic acids is 2. The highest BCUT2D eigenvalue weighted by Crippen LogP contribution is 2.19. The topological polar surface area (TPSA) is 75.4 Å². The molecule has 0 spiro atoms. The van der Waals surface area contributed by atoms with Crippen molar-refractivity contribution in [2.75, 3.05) is 19.4 Å².